The first-order valence-electron chi connectivity index (χ1n) is 7.12. The Morgan fingerprint density at radius 3 is 2.33 bits per heavy atom. The van der Waals surface area contributed by atoms with E-state index in [0.717, 1.165) is 18.9 Å². The Kier molecular flexibility index (Phi) is 8.10. The summed E-state index contributed by atoms with van der Waals surface area (Å²) >= 11 is 1.75. The van der Waals surface area contributed by atoms with E-state index in [1.165, 1.54) is 11.3 Å². The molecule has 24 heavy (non-hydrogen) atoms. The lowest BCUT2D eigenvalue weighted by Crippen LogP contribution is -2.39. The minimum absolute atomic E-state index is 0.967. The first-order chi connectivity index (χ1) is 11.3. The van der Waals surface area contributed by atoms with Gasteiger partial charge in [-0.05, 0) is 30.0 Å². The van der Waals surface area contributed by atoms with Gasteiger partial charge in [-0.25, -0.2) is 9.59 Å². The van der Waals surface area contributed by atoms with E-state index >= 15 is 0 Å². The molecule has 9 heteroatoms. The third-order valence-corrected chi connectivity index (χ3v) is 3.90. The average Bonchev–Trinajstić information content (AvgIpc) is 3.06. The van der Waals surface area contributed by atoms with Crippen LogP contribution in [-0.4, -0.2) is 75.4 Å². The van der Waals surface area contributed by atoms with Crippen LogP contribution in [0.25, 0.3) is 6.08 Å². The standard InChI is InChI=1S/C11H14N2S.C4H6O6/c1-13-8-3-7-12-11(13)6-5-10-4-2-9-14-10;5-1(3(7)8)2(6)4(9)10/h2,4-6,9H,3,7-8H2,1H3;1-2,5-6H,(H,7,8)(H,9,10). The molecule has 0 amide bonds. The van der Waals surface area contributed by atoms with Gasteiger partial charge in [0.15, 0.2) is 12.2 Å². The van der Waals surface area contributed by atoms with E-state index in [2.05, 4.69) is 46.6 Å². The highest BCUT2D eigenvalue weighted by Crippen LogP contribution is 2.11. The Labute approximate surface area is 143 Å². The number of likely N-dealkylation sites (N-methyl/N-ethyl adjacent to an activating group) is 1. The van der Waals surface area contributed by atoms with Crippen LogP contribution in [0.2, 0.25) is 0 Å². The van der Waals surface area contributed by atoms with Crippen molar-refractivity contribution in [3.05, 3.63) is 28.5 Å². The monoisotopic (exact) mass is 356 g/mol. The van der Waals surface area contributed by atoms with Crippen molar-refractivity contribution in [1.82, 2.24) is 4.90 Å². The number of aliphatic hydroxyl groups is 2. The summed E-state index contributed by atoms with van der Waals surface area (Å²) in [5.74, 6) is -2.44. The molecule has 0 aromatic carbocycles. The fraction of sp³-hybridized carbons (Fsp3) is 0.400. The predicted octanol–water partition coefficient (Wildman–Crippen LogP) is 0.373. The normalized spacial score (nSPS) is 16.8. The number of hydrogen-bond acceptors (Lipinski definition) is 7. The number of rotatable bonds is 5. The number of aliphatic hydroxyl groups excluding tert-OH is 2. The summed E-state index contributed by atoms with van der Waals surface area (Å²) in [5, 5.41) is 34.6. The van der Waals surface area contributed by atoms with E-state index in [0.29, 0.717) is 0 Å². The second-order valence-electron chi connectivity index (χ2n) is 4.93. The van der Waals surface area contributed by atoms with Gasteiger partial charge in [-0.15, -0.1) is 11.3 Å². The van der Waals surface area contributed by atoms with E-state index in [9.17, 15) is 9.59 Å². The maximum absolute atomic E-state index is 9.77. The lowest BCUT2D eigenvalue weighted by Gasteiger charge is -2.22. The lowest BCUT2D eigenvalue weighted by atomic mass is 10.2. The van der Waals surface area contributed by atoms with Crippen molar-refractivity contribution in [2.75, 3.05) is 20.1 Å². The molecule has 0 bridgehead atoms. The number of carboxylic acid groups (broad SMARTS) is 2. The van der Waals surface area contributed by atoms with Crippen molar-refractivity contribution in [1.29, 1.82) is 0 Å². The first kappa shape index (κ1) is 19.8. The van der Waals surface area contributed by atoms with Gasteiger partial charge < -0.3 is 25.3 Å². The van der Waals surface area contributed by atoms with E-state index in [-0.39, 0.29) is 0 Å². The maximum Gasteiger partial charge on any atom is 0.335 e. The minimum Gasteiger partial charge on any atom is -0.479 e. The van der Waals surface area contributed by atoms with E-state index in [4.69, 9.17) is 20.4 Å². The summed E-state index contributed by atoms with van der Waals surface area (Å²) in [4.78, 5) is 27.5. The molecule has 2 heterocycles. The van der Waals surface area contributed by atoms with Gasteiger partial charge in [-0.2, -0.15) is 0 Å². The zero-order valence-corrected chi connectivity index (χ0v) is 13.9. The highest BCUT2D eigenvalue weighted by atomic mass is 32.1. The summed E-state index contributed by atoms with van der Waals surface area (Å²) < 4.78 is 0. The SMILES string of the molecule is CN1CCCN=C1C=Cc1cccs1.O=C(O)C(O)C(O)C(=O)O. The molecule has 4 N–H and O–H groups in total. The summed E-state index contributed by atoms with van der Waals surface area (Å²) in [7, 11) is 2.09. The predicted molar refractivity (Wildman–Crippen MR) is 90.2 cm³/mol. The fourth-order valence-corrected chi connectivity index (χ4v) is 2.35. The largest absolute Gasteiger partial charge is 0.479 e. The molecule has 132 valence electrons. The Balaban J connectivity index is 0.000000257. The first-order valence-corrected chi connectivity index (χ1v) is 7.99. The van der Waals surface area contributed by atoms with Crippen LogP contribution in [0.15, 0.2) is 28.6 Å². The van der Waals surface area contributed by atoms with Crippen LogP contribution in [0.3, 0.4) is 0 Å². The van der Waals surface area contributed by atoms with Crippen molar-refractivity contribution in [2.45, 2.75) is 18.6 Å². The summed E-state index contributed by atoms with van der Waals surface area (Å²) in [5.41, 5.74) is 0. The summed E-state index contributed by atoms with van der Waals surface area (Å²) in [6.07, 6.45) is 0.874. The average molecular weight is 356 g/mol. The molecule has 1 aliphatic rings. The molecule has 0 spiro atoms. The molecule has 0 saturated heterocycles. The van der Waals surface area contributed by atoms with Gasteiger partial charge >= 0.3 is 11.9 Å². The zero-order chi connectivity index (χ0) is 18.1. The smallest absolute Gasteiger partial charge is 0.335 e. The second-order valence-corrected chi connectivity index (χ2v) is 5.91. The van der Waals surface area contributed by atoms with Crippen molar-refractivity contribution >= 4 is 35.2 Å². The fourth-order valence-electron chi connectivity index (χ4n) is 1.73. The molecule has 1 aromatic heterocycles. The van der Waals surface area contributed by atoms with Crippen LogP contribution in [0.4, 0.5) is 0 Å². The van der Waals surface area contributed by atoms with Crippen LogP contribution < -0.4 is 0 Å². The minimum atomic E-state index is -2.27. The van der Waals surface area contributed by atoms with Gasteiger partial charge in [-0.3, -0.25) is 4.99 Å². The molecular weight excluding hydrogens is 336 g/mol. The van der Waals surface area contributed by atoms with Crippen molar-refractivity contribution in [3.63, 3.8) is 0 Å². The molecule has 1 aliphatic heterocycles. The number of amidine groups is 1. The molecule has 0 aliphatic carbocycles. The number of hydrogen-bond donors (Lipinski definition) is 4. The summed E-state index contributed by atoms with van der Waals surface area (Å²) in [6.45, 7) is 2.09. The quantitative estimate of drug-likeness (QED) is 0.599. The topological polar surface area (TPSA) is 131 Å². The van der Waals surface area contributed by atoms with Crippen LogP contribution in [0, 0.1) is 0 Å². The van der Waals surface area contributed by atoms with E-state index in [1.807, 2.05) is 0 Å². The lowest BCUT2D eigenvalue weighted by molar-refractivity contribution is -0.165. The maximum atomic E-state index is 9.77. The molecule has 0 saturated carbocycles. The van der Waals surface area contributed by atoms with Crippen LogP contribution in [0.1, 0.15) is 11.3 Å². The highest BCUT2D eigenvalue weighted by Gasteiger charge is 2.29. The highest BCUT2D eigenvalue weighted by molar-refractivity contribution is 7.10. The molecular formula is C15H20N2O6S. The number of nitrogens with zero attached hydrogens (tertiary/aromatic N) is 2. The van der Waals surface area contributed by atoms with Gasteiger partial charge in [0, 0.05) is 25.0 Å². The van der Waals surface area contributed by atoms with Crippen LogP contribution in [0.5, 0.6) is 0 Å². The van der Waals surface area contributed by atoms with Gasteiger partial charge in [0.1, 0.15) is 5.84 Å². The third kappa shape index (κ3) is 6.49. The molecule has 0 radical (unpaired) electrons. The molecule has 0 fully saturated rings. The summed E-state index contributed by atoms with van der Waals surface area (Å²) in [6, 6.07) is 4.18. The Morgan fingerprint density at radius 1 is 1.25 bits per heavy atom. The molecule has 2 rings (SSSR count). The second kappa shape index (κ2) is 9.81. The van der Waals surface area contributed by atoms with E-state index < -0.39 is 24.1 Å². The van der Waals surface area contributed by atoms with E-state index in [1.54, 1.807) is 11.3 Å². The Hall–Kier alpha value is -2.23. The molecule has 8 nitrogen and oxygen atoms in total. The zero-order valence-electron chi connectivity index (χ0n) is 13.1. The molecule has 1 aromatic rings. The number of carbonyl (C=O) groups is 2. The number of thiophene rings is 1. The van der Waals surface area contributed by atoms with Crippen molar-refractivity contribution in [3.8, 4) is 0 Å². The number of carboxylic acids is 2. The molecule has 2 atom stereocenters. The third-order valence-electron chi connectivity index (χ3n) is 3.06. The Bertz CT molecular complexity index is 581. The molecule has 2 unspecified atom stereocenters. The van der Waals surface area contributed by atoms with Crippen LogP contribution >= 0.6 is 11.3 Å². The number of aliphatic carboxylic acids is 2. The van der Waals surface area contributed by atoms with Crippen molar-refractivity contribution < 1.29 is 30.0 Å². The number of aliphatic imine (C=N–C) groups is 1. The van der Waals surface area contributed by atoms with Gasteiger partial charge in [0.2, 0.25) is 0 Å². The van der Waals surface area contributed by atoms with Crippen molar-refractivity contribution in [2.24, 2.45) is 4.99 Å². The Morgan fingerprint density at radius 2 is 1.88 bits per heavy atom. The van der Waals surface area contributed by atoms with Gasteiger partial charge in [-0.1, -0.05) is 6.07 Å². The van der Waals surface area contributed by atoms with Gasteiger partial charge in [0.05, 0.1) is 0 Å². The van der Waals surface area contributed by atoms with Crippen LogP contribution in [-0.2, 0) is 9.59 Å². The van der Waals surface area contributed by atoms with Gasteiger partial charge in [0.25, 0.3) is 0 Å².